The third-order valence-corrected chi connectivity index (χ3v) is 3.20. The average molecular weight is 221 g/mol. The Labute approximate surface area is 98.8 Å². The van der Waals surface area contributed by atoms with Gasteiger partial charge in [0, 0.05) is 0 Å². The van der Waals surface area contributed by atoms with Crippen LogP contribution in [-0.2, 0) is 0 Å². The van der Waals surface area contributed by atoms with Crippen LogP contribution in [0.15, 0.2) is 24.3 Å². The van der Waals surface area contributed by atoms with E-state index in [-0.39, 0.29) is 0 Å². The first-order valence-electron chi connectivity index (χ1n) is 6.15. The Morgan fingerprint density at radius 1 is 1.19 bits per heavy atom. The van der Waals surface area contributed by atoms with Crippen LogP contribution in [0.25, 0.3) is 0 Å². The quantitative estimate of drug-likeness (QED) is 0.800. The number of hydrogen-bond acceptors (Lipinski definition) is 2. The van der Waals surface area contributed by atoms with Crippen molar-refractivity contribution in [1.29, 1.82) is 0 Å². The Morgan fingerprint density at radius 2 is 1.81 bits per heavy atom. The van der Waals surface area contributed by atoms with Crippen molar-refractivity contribution in [2.24, 2.45) is 11.7 Å². The van der Waals surface area contributed by atoms with E-state index in [2.05, 4.69) is 26.0 Å². The molecule has 0 saturated heterocycles. The first-order valence-corrected chi connectivity index (χ1v) is 6.15. The Kier molecular flexibility index (Phi) is 5.33. The summed E-state index contributed by atoms with van der Waals surface area (Å²) in [5, 5.41) is 0. The molecule has 0 heterocycles. The number of nitrogens with two attached hydrogens (primary N) is 1. The normalized spacial score (nSPS) is 14.5. The monoisotopic (exact) mass is 221 g/mol. The van der Waals surface area contributed by atoms with Gasteiger partial charge in [-0.25, -0.2) is 0 Å². The Balaban J connectivity index is 2.78. The maximum atomic E-state index is 5.85. The summed E-state index contributed by atoms with van der Waals surface area (Å²) in [5.41, 5.74) is 7.17. The maximum absolute atomic E-state index is 5.85. The Hall–Kier alpha value is -1.02. The molecule has 0 aromatic heterocycles. The average Bonchev–Trinajstić information content (AvgIpc) is 2.32. The molecule has 0 fully saturated rings. The van der Waals surface area contributed by atoms with Crippen LogP contribution in [0, 0.1) is 5.92 Å². The second-order valence-electron chi connectivity index (χ2n) is 4.23. The molecule has 2 nitrogen and oxygen atoms in total. The van der Waals surface area contributed by atoms with E-state index in [1.165, 1.54) is 5.56 Å². The lowest BCUT2D eigenvalue weighted by atomic mass is 9.86. The van der Waals surface area contributed by atoms with Gasteiger partial charge in [-0.05, 0) is 43.0 Å². The van der Waals surface area contributed by atoms with Gasteiger partial charge in [0.1, 0.15) is 5.75 Å². The van der Waals surface area contributed by atoms with Crippen molar-refractivity contribution in [3.8, 4) is 5.75 Å². The second kappa shape index (κ2) is 6.54. The lowest BCUT2D eigenvalue weighted by Crippen LogP contribution is -2.19. The molecule has 2 heteroatoms. The highest BCUT2D eigenvalue weighted by atomic mass is 16.5. The van der Waals surface area contributed by atoms with Gasteiger partial charge >= 0.3 is 0 Å². The summed E-state index contributed by atoms with van der Waals surface area (Å²) in [6, 6.07) is 8.33. The second-order valence-corrected chi connectivity index (χ2v) is 4.23. The number of ether oxygens (including phenoxy) is 1. The van der Waals surface area contributed by atoms with Crippen LogP contribution < -0.4 is 10.5 Å². The molecule has 0 saturated carbocycles. The van der Waals surface area contributed by atoms with Crippen molar-refractivity contribution in [3.05, 3.63) is 29.8 Å². The minimum absolute atomic E-state index is 0.459. The minimum atomic E-state index is 0.459. The van der Waals surface area contributed by atoms with E-state index in [1.54, 1.807) is 0 Å². The summed E-state index contributed by atoms with van der Waals surface area (Å²) in [5.74, 6) is 2.02. The van der Waals surface area contributed by atoms with Crippen molar-refractivity contribution < 1.29 is 4.74 Å². The molecule has 90 valence electrons. The van der Waals surface area contributed by atoms with Gasteiger partial charge in [0.2, 0.25) is 0 Å². The fourth-order valence-electron chi connectivity index (χ4n) is 1.96. The summed E-state index contributed by atoms with van der Waals surface area (Å²) in [7, 11) is 0. The molecular weight excluding hydrogens is 198 g/mol. The van der Waals surface area contributed by atoms with Crippen LogP contribution in [0.5, 0.6) is 5.75 Å². The first kappa shape index (κ1) is 13.0. The van der Waals surface area contributed by atoms with E-state index in [4.69, 9.17) is 10.5 Å². The molecule has 0 aliphatic carbocycles. The van der Waals surface area contributed by atoms with Gasteiger partial charge in [0.05, 0.1) is 6.61 Å². The zero-order valence-electron chi connectivity index (χ0n) is 10.6. The molecule has 2 unspecified atom stereocenters. The zero-order valence-corrected chi connectivity index (χ0v) is 10.6. The van der Waals surface area contributed by atoms with Gasteiger partial charge < -0.3 is 10.5 Å². The molecule has 0 radical (unpaired) electrons. The van der Waals surface area contributed by atoms with Crippen LogP contribution in [-0.4, -0.2) is 13.2 Å². The van der Waals surface area contributed by atoms with Crippen LogP contribution >= 0.6 is 0 Å². The highest BCUT2D eigenvalue weighted by molar-refractivity contribution is 5.30. The molecule has 0 aliphatic rings. The lowest BCUT2D eigenvalue weighted by molar-refractivity contribution is 0.340. The maximum Gasteiger partial charge on any atom is 0.119 e. The summed E-state index contributed by atoms with van der Waals surface area (Å²) in [6.45, 7) is 7.89. The lowest BCUT2D eigenvalue weighted by Gasteiger charge is -2.21. The molecule has 0 spiro atoms. The van der Waals surface area contributed by atoms with E-state index in [9.17, 15) is 0 Å². The fraction of sp³-hybridized carbons (Fsp3) is 0.571. The van der Waals surface area contributed by atoms with Crippen molar-refractivity contribution >= 4 is 0 Å². The third kappa shape index (κ3) is 3.24. The van der Waals surface area contributed by atoms with Gasteiger partial charge in [-0.1, -0.05) is 32.4 Å². The van der Waals surface area contributed by atoms with Crippen LogP contribution in [0.4, 0.5) is 0 Å². The minimum Gasteiger partial charge on any atom is -0.494 e. The third-order valence-electron chi connectivity index (χ3n) is 3.20. The molecule has 1 aromatic rings. The van der Waals surface area contributed by atoms with E-state index in [1.807, 2.05) is 19.1 Å². The summed E-state index contributed by atoms with van der Waals surface area (Å²) < 4.78 is 5.43. The van der Waals surface area contributed by atoms with E-state index in [0.29, 0.717) is 25.0 Å². The van der Waals surface area contributed by atoms with Gasteiger partial charge in [0.15, 0.2) is 0 Å². The predicted octanol–water partition coefficient (Wildman–Crippen LogP) is 3.17. The summed E-state index contributed by atoms with van der Waals surface area (Å²) in [4.78, 5) is 0. The smallest absolute Gasteiger partial charge is 0.119 e. The standard InChI is InChI=1S/C14H23NO/c1-4-11(3)14(10-15)12-6-8-13(9-7-12)16-5-2/h6-9,11,14H,4-5,10,15H2,1-3H3. The number of benzene rings is 1. The number of rotatable bonds is 6. The topological polar surface area (TPSA) is 35.2 Å². The molecule has 1 rings (SSSR count). The molecular formula is C14H23NO. The Morgan fingerprint density at radius 3 is 2.25 bits per heavy atom. The van der Waals surface area contributed by atoms with Crippen LogP contribution in [0.2, 0.25) is 0 Å². The van der Waals surface area contributed by atoms with Crippen molar-refractivity contribution in [1.82, 2.24) is 0 Å². The van der Waals surface area contributed by atoms with Crippen LogP contribution in [0.1, 0.15) is 38.7 Å². The highest BCUT2D eigenvalue weighted by Gasteiger charge is 2.16. The number of hydrogen-bond donors (Lipinski definition) is 1. The molecule has 0 amide bonds. The largest absolute Gasteiger partial charge is 0.494 e. The first-order chi connectivity index (χ1) is 7.72. The van der Waals surface area contributed by atoms with Crippen LogP contribution in [0.3, 0.4) is 0 Å². The molecule has 2 atom stereocenters. The highest BCUT2D eigenvalue weighted by Crippen LogP contribution is 2.27. The van der Waals surface area contributed by atoms with Gasteiger partial charge in [-0.2, -0.15) is 0 Å². The van der Waals surface area contributed by atoms with Gasteiger partial charge in [0.25, 0.3) is 0 Å². The zero-order chi connectivity index (χ0) is 12.0. The van der Waals surface area contributed by atoms with E-state index < -0.39 is 0 Å². The predicted molar refractivity (Wildman–Crippen MR) is 68.9 cm³/mol. The molecule has 1 aromatic carbocycles. The molecule has 0 aliphatic heterocycles. The van der Waals surface area contributed by atoms with Crippen molar-refractivity contribution in [2.45, 2.75) is 33.1 Å². The van der Waals surface area contributed by atoms with Crippen molar-refractivity contribution in [2.75, 3.05) is 13.2 Å². The van der Waals surface area contributed by atoms with E-state index >= 15 is 0 Å². The summed E-state index contributed by atoms with van der Waals surface area (Å²) in [6.07, 6.45) is 1.16. The molecule has 0 bridgehead atoms. The molecule has 2 N–H and O–H groups in total. The van der Waals surface area contributed by atoms with E-state index in [0.717, 1.165) is 12.2 Å². The molecule has 16 heavy (non-hydrogen) atoms. The van der Waals surface area contributed by atoms with Crippen molar-refractivity contribution in [3.63, 3.8) is 0 Å². The van der Waals surface area contributed by atoms with Gasteiger partial charge in [-0.15, -0.1) is 0 Å². The fourth-order valence-corrected chi connectivity index (χ4v) is 1.96. The Bertz CT molecular complexity index is 294. The summed E-state index contributed by atoms with van der Waals surface area (Å²) >= 11 is 0. The SMILES string of the molecule is CCOc1ccc(C(CN)C(C)CC)cc1. The van der Waals surface area contributed by atoms with Gasteiger partial charge in [-0.3, -0.25) is 0 Å².